The van der Waals surface area contributed by atoms with Crippen LogP contribution in [0.3, 0.4) is 0 Å². The molecule has 16 heavy (non-hydrogen) atoms. The lowest BCUT2D eigenvalue weighted by Gasteiger charge is -2.29. The normalized spacial score (nSPS) is 23.6. The lowest BCUT2D eigenvalue weighted by Crippen LogP contribution is -2.37. The van der Waals surface area contributed by atoms with Gasteiger partial charge in [-0.25, -0.2) is 0 Å². The van der Waals surface area contributed by atoms with Gasteiger partial charge in [-0.2, -0.15) is 11.8 Å². The number of hydrogen-bond donors (Lipinski definition) is 1. The van der Waals surface area contributed by atoms with Crippen molar-refractivity contribution in [2.75, 3.05) is 38.7 Å². The molecule has 3 heteroatoms. The summed E-state index contributed by atoms with van der Waals surface area (Å²) >= 11 is 1.97. The molecule has 1 N–H and O–H groups in total. The largest absolute Gasteiger partial charge is 0.316 e. The fraction of sp³-hybridized carbons (Fsp3) is 1.00. The number of thioether (sulfide) groups is 1. The van der Waals surface area contributed by atoms with E-state index < -0.39 is 0 Å². The molecule has 0 aliphatic carbocycles. The van der Waals surface area contributed by atoms with E-state index in [0.29, 0.717) is 0 Å². The van der Waals surface area contributed by atoms with Gasteiger partial charge in [0, 0.05) is 11.8 Å². The molecular formula is C13H28N2S. The predicted octanol–water partition coefficient (Wildman–Crippen LogP) is 2.45. The van der Waals surface area contributed by atoms with Gasteiger partial charge < -0.3 is 10.2 Å². The second-order valence-electron chi connectivity index (χ2n) is 5.00. The summed E-state index contributed by atoms with van der Waals surface area (Å²) in [5, 5.41) is 3.50. The highest BCUT2D eigenvalue weighted by atomic mass is 32.2. The highest BCUT2D eigenvalue weighted by Crippen LogP contribution is 2.16. The number of piperidine rings is 1. The van der Waals surface area contributed by atoms with Crippen LogP contribution in [0, 0.1) is 5.92 Å². The monoisotopic (exact) mass is 244 g/mol. The number of nitrogens with zero attached hydrogens (tertiary/aromatic N) is 1. The maximum Gasteiger partial charge on any atom is 0.0180 e. The van der Waals surface area contributed by atoms with E-state index in [-0.39, 0.29) is 0 Å². The van der Waals surface area contributed by atoms with Crippen molar-refractivity contribution >= 4 is 11.8 Å². The summed E-state index contributed by atoms with van der Waals surface area (Å²) in [6.07, 6.45) is 7.66. The average molecular weight is 244 g/mol. The zero-order valence-electron chi connectivity index (χ0n) is 11.2. The zero-order chi connectivity index (χ0) is 11.8. The summed E-state index contributed by atoms with van der Waals surface area (Å²) in [7, 11) is 2.29. The van der Waals surface area contributed by atoms with Crippen LogP contribution in [0.15, 0.2) is 0 Å². The van der Waals surface area contributed by atoms with Gasteiger partial charge >= 0.3 is 0 Å². The Morgan fingerprint density at radius 1 is 1.50 bits per heavy atom. The van der Waals surface area contributed by atoms with Crippen LogP contribution in [0.25, 0.3) is 0 Å². The van der Waals surface area contributed by atoms with Gasteiger partial charge in [0.25, 0.3) is 0 Å². The van der Waals surface area contributed by atoms with Crippen LogP contribution in [0.4, 0.5) is 0 Å². The molecule has 1 fully saturated rings. The lowest BCUT2D eigenvalue weighted by atomic mass is 9.96. The highest BCUT2D eigenvalue weighted by molar-refractivity contribution is 7.98. The molecule has 2 unspecified atom stereocenters. The van der Waals surface area contributed by atoms with Crippen LogP contribution in [-0.4, -0.2) is 49.6 Å². The first kappa shape index (κ1) is 14.3. The molecular weight excluding hydrogens is 216 g/mol. The van der Waals surface area contributed by atoms with E-state index in [1.807, 2.05) is 11.8 Å². The molecule has 0 spiro atoms. The van der Waals surface area contributed by atoms with Crippen molar-refractivity contribution in [2.45, 2.75) is 38.6 Å². The van der Waals surface area contributed by atoms with Gasteiger partial charge in [0.05, 0.1) is 0 Å². The van der Waals surface area contributed by atoms with Crippen molar-refractivity contribution in [2.24, 2.45) is 5.92 Å². The zero-order valence-corrected chi connectivity index (χ0v) is 12.0. The Bertz CT molecular complexity index is 169. The first-order chi connectivity index (χ1) is 7.77. The van der Waals surface area contributed by atoms with E-state index in [0.717, 1.165) is 12.0 Å². The molecule has 0 bridgehead atoms. The van der Waals surface area contributed by atoms with Gasteiger partial charge in [0.1, 0.15) is 0 Å². The maximum atomic E-state index is 3.50. The van der Waals surface area contributed by atoms with E-state index in [9.17, 15) is 0 Å². The topological polar surface area (TPSA) is 15.3 Å². The molecule has 0 aromatic rings. The third kappa shape index (κ3) is 5.07. The summed E-state index contributed by atoms with van der Waals surface area (Å²) in [4.78, 5) is 2.56. The molecule has 1 aliphatic rings. The molecule has 0 aromatic heterocycles. The number of hydrogen-bond acceptors (Lipinski definition) is 3. The smallest absolute Gasteiger partial charge is 0.0180 e. The quantitative estimate of drug-likeness (QED) is 0.740. The van der Waals surface area contributed by atoms with Gasteiger partial charge in [0.15, 0.2) is 0 Å². The fourth-order valence-electron chi connectivity index (χ4n) is 2.49. The standard InChI is InChI=1S/C13H28N2S/c1-4-13(11-16-3)15(2)9-7-12-6-5-8-14-10-12/h12-14H,4-11H2,1-3H3. The van der Waals surface area contributed by atoms with E-state index in [1.165, 1.54) is 51.1 Å². The van der Waals surface area contributed by atoms with Crippen LogP contribution in [0.1, 0.15) is 32.6 Å². The molecule has 0 aromatic carbocycles. The van der Waals surface area contributed by atoms with Crippen LogP contribution >= 0.6 is 11.8 Å². The Labute approximate surface area is 106 Å². The summed E-state index contributed by atoms with van der Waals surface area (Å²) < 4.78 is 0. The van der Waals surface area contributed by atoms with Gasteiger partial charge in [-0.15, -0.1) is 0 Å². The molecule has 1 aliphatic heterocycles. The van der Waals surface area contributed by atoms with Crippen molar-refractivity contribution in [3.8, 4) is 0 Å². The summed E-state index contributed by atoms with van der Waals surface area (Å²) in [6, 6.07) is 0.770. The van der Waals surface area contributed by atoms with E-state index in [2.05, 4.69) is 30.4 Å². The first-order valence-electron chi connectivity index (χ1n) is 6.67. The molecule has 1 heterocycles. The van der Waals surface area contributed by atoms with Crippen LogP contribution in [-0.2, 0) is 0 Å². The Morgan fingerprint density at radius 3 is 2.88 bits per heavy atom. The molecule has 1 saturated heterocycles. The Balaban J connectivity index is 2.18. The van der Waals surface area contributed by atoms with Gasteiger partial charge in [-0.05, 0) is 64.5 Å². The molecule has 0 saturated carbocycles. The van der Waals surface area contributed by atoms with E-state index in [4.69, 9.17) is 0 Å². The first-order valence-corrected chi connectivity index (χ1v) is 8.07. The van der Waals surface area contributed by atoms with Crippen LogP contribution in [0.5, 0.6) is 0 Å². The van der Waals surface area contributed by atoms with Crippen molar-refractivity contribution in [1.29, 1.82) is 0 Å². The summed E-state index contributed by atoms with van der Waals surface area (Å²) in [5.41, 5.74) is 0. The molecule has 1 rings (SSSR count). The van der Waals surface area contributed by atoms with Crippen molar-refractivity contribution in [3.05, 3.63) is 0 Å². The molecule has 0 amide bonds. The summed E-state index contributed by atoms with van der Waals surface area (Å²) in [6.45, 7) is 6.05. The van der Waals surface area contributed by atoms with Crippen LogP contribution < -0.4 is 5.32 Å². The van der Waals surface area contributed by atoms with E-state index in [1.54, 1.807) is 0 Å². The Hall–Kier alpha value is 0.270. The SMILES string of the molecule is CCC(CSC)N(C)CCC1CCCNC1. The number of nitrogens with one attached hydrogen (secondary N) is 1. The third-order valence-electron chi connectivity index (χ3n) is 3.74. The minimum Gasteiger partial charge on any atom is -0.316 e. The molecule has 0 radical (unpaired) electrons. The maximum absolute atomic E-state index is 3.50. The minimum atomic E-state index is 0.770. The Morgan fingerprint density at radius 2 is 2.31 bits per heavy atom. The summed E-state index contributed by atoms with van der Waals surface area (Å²) in [5.74, 6) is 2.19. The van der Waals surface area contributed by atoms with Crippen molar-refractivity contribution < 1.29 is 0 Å². The number of rotatable bonds is 7. The van der Waals surface area contributed by atoms with Crippen molar-refractivity contribution in [3.63, 3.8) is 0 Å². The molecule has 2 nitrogen and oxygen atoms in total. The van der Waals surface area contributed by atoms with Gasteiger partial charge in [-0.3, -0.25) is 0 Å². The molecule has 2 atom stereocenters. The van der Waals surface area contributed by atoms with Gasteiger partial charge in [0.2, 0.25) is 0 Å². The second kappa shape index (κ2) is 8.37. The van der Waals surface area contributed by atoms with E-state index >= 15 is 0 Å². The van der Waals surface area contributed by atoms with Crippen LogP contribution in [0.2, 0.25) is 0 Å². The van der Waals surface area contributed by atoms with Gasteiger partial charge in [-0.1, -0.05) is 6.92 Å². The molecule has 96 valence electrons. The minimum absolute atomic E-state index is 0.770. The highest BCUT2D eigenvalue weighted by Gasteiger charge is 2.16. The average Bonchev–Trinajstić information content (AvgIpc) is 2.34. The van der Waals surface area contributed by atoms with Crippen molar-refractivity contribution in [1.82, 2.24) is 10.2 Å². The lowest BCUT2D eigenvalue weighted by molar-refractivity contribution is 0.224. The third-order valence-corrected chi connectivity index (χ3v) is 4.46. The predicted molar refractivity (Wildman–Crippen MR) is 75.3 cm³/mol. The Kier molecular flexibility index (Phi) is 7.50. The second-order valence-corrected chi connectivity index (χ2v) is 5.91. The fourth-order valence-corrected chi connectivity index (χ4v) is 3.36.